The predicted molar refractivity (Wildman–Crippen MR) is 118 cm³/mol. The van der Waals surface area contributed by atoms with Gasteiger partial charge in [-0.3, -0.25) is 9.78 Å². The smallest absolute Gasteiger partial charge is 0.255 e. The lowest BCUT2D eigenvalue weighted by molar-refractivity contribution is 0.0747. The first kappa shape index (κ1) is 18.2. The summed E-state index contributed by atoms with van der Waals surface area (Å²) in [6, 6.07) is 16.8. The lowest BCUT2D eigenvalue weighted by Crippen LogP contribution is -2.49. The number of fused-ring (bicyclic) bond motifs is 2. The normalized spacial score (nSPS) is 16.7. The molecule has 2 heterocycles. The molecule has 0 unspecified atom stereocenters. The number of pyridine rings is 1. The molecule has 0 bridgehead atoms. The Morgan fingerprint density at radius 2 is 1.69 bits per heavy atom. The van der Waals surface area contributed by atoms with Gasteiger partial charge in [-0.1, -0.05) is 29.8 Å². The van der Waals surface area contributed by atoms with Crippen LogP contribution in [0.25, 0.3) is 10.9 Å². The van der Waals surface area contributed by atoms with Crippen LogP contribution in [0.15, 0.2) is 48.5 Å². The summed E-state index contributed by atoms with van der Waals surface area (Å²) < 4.78 is 0. The summed E-state index contributed by atoms with van der Waals surface area (Å²) in [6.45, 7) is 5.36. The predicted octanol–water partition coefficient (Wildman–Crippen LogP) is 4.38. The second kappa shape index (κ2) is 7.51. The molecule has 0 N–H and O–H groups in total. The number of aryl methyl sites for hydroxylation is 2. The van der Waals surface area contributed by atoms with E-state index in [0.29, 0.717) is 0 Å². The van der Waals surface area contributed by atoms with Crippen LogP contribution in [0.3, 0.4) is 0 Å². The molecule has 1 amide bonds. The zero-order valence-corrected chi connectivity index (χ0v) is 17.0. The number of carbonyl (C=O) groups is 1. The molecule has 2 aromatic carbocycles. The fourth-order valence-corrected chi connectivity index (χ4v) is 4.75. The highest BCUT2D eigenvalue weighted by atomic mass is 16.2. The summed E-state index contributed by atoms with van der Waals surface area (Å²) in [5, 5.41) is 1.03. The summed E-state index contributed by atoms with van der Waals surface area (Å²) in [5.74, 6) is 0.189. The number of hydrogen-bond acceptors (Lipinski definition) is 3. The van der Waals surface area contributed by atoms with E-state index in [0.717, 1.165) is 67.6 Å². The molecule has 0 saturated carbocycles. The molecule has 0 spiro atoms. The Morgan fingerprint density at radius 3 is 2.48 bits per heavy atom. The Balaban J connectivity index is 1.47. The molecule has 3 aromatic rings. The maximum absolute atomic E-state index is 13.7. The van der Waals surface area contributed by atoms with Crippen LogP contribution >= 0.6 is 0 Å². The second-order valence-corrected chi connectivity index (χ2v) is 8.25. The van der Waals surface area contributed by atoms with Crippen LogP contribution in [0, 0.1) is 6.92 Å². The molecule has 148 valence electrons. The maximum Gasteiger partial charge on any atom is 0.255 e. The highest BCUT2D eigenvalue weighted by molar-refractivity contribution is 6.08. The summed E-state index contributed by atoms with van der Waals surface area (Å²) in [4.78, 5) is 23.1. The summed E-state index contributed by atoms with van der Waals surface area (Å²) in [7, 11) is 0. The number of anilines is 1. The lowest BCUT2D eigenvalue weighted by atomic mass is 9.89. The molecular weight excluding hydrogens is 358 g/mol. The Morgan fingerprint density at radius 1 is 0.931 bits per heavy atom. The van der Waals surface area contributed by atoms with Crippen molar-refractivity contribution in [2.75, 3.05) is 31.1 Å². The molecule has 1 saturated heterocycles. The first-order valence-electron chi connectivity index (χ1n) is 10.7. The monoisotopic (exact) mass is 385 g/mol. The number of amides is 1. The average molecular weight is 386 g/mol. The van der Waals surface area contributed by atoms with E-state index in [1.165, 1.54) is 23.2 Å². The van der Waals surface area contributed by atoms with E-state index in [2.05, 4.69) is 54.3 Å². The molecule has 0 atom stereocenters. The zero-order valence-electron chi connectivity index (χ0n) is 17.0. The van der Waals surface area contributed by atoms with E-state index in [-0.39, 0.29) is 5.91 Å². The van der Waals surface area contributed by atoms with E-state index in [1.807, 2.05) is 11.0 Å². The van der Waals surface area contributed by atoms with Crippen LogP contribution in [0.5, 0.6) is 0 Å². The van der Waals surface area contributed by atoms with Gasteiger partial charge in [-0.25, -0.2) is 0 Å². The molecule has 4 heteroatoms. The molecule has 1 aliphatic heterocycles. The third-order valence-corrected chi connectivity index (χ3v) is 6.32. The number of rotatable bonds is 2. The Labute approximate surface area is 172 Å². The average Bonchev–Trinajstić information content (AvgIpc) is 2.78. The van der Waals surface area contributed by atoms with Crippen molar-refractivity contribution in [3.8, 4) is 0 Å². The van der Waals surface area contributed by atoms with Gasteiger partial charge in [0.25, 0.3) is 5.91 Å². The summed E-state index contributed by atoms with van der Waals surface area (Å²) in [5.41, 5.74) is 6.63. The third-order valence-electron chi connectivity index (χ3n) is 6.32. The Bertz CT molecular complexity index is 1050. The van der Waals surface area contributed by atoms with Gasteiger partial charge in [0.2, 0.25) is 0 Å². The molecule has 2 aliphatic rings. The first-order chi connectivity index (χ1) is 14.2. The number of para-hydroxylation sites is 1. The third kappa shape index (κ3) is 3.37. The summed E-state index contributed by atoms with van der Waals surface area (Å²) in [6.07, 6.45) is 4.27. The quantitative estimate of drug-likeness (QED) is 0.657. The fourth-order valence-electron chi connectivity index (χ4n) is 4.75. The van der Waals surface area contributed by atoms with E-state index in [1.54, 1.807) is 0 Å². The van der Waals surface area contributed by atoms with Crippen molar-refractivity contribution < 1.29 is 4.79 Å². The minimum Gasteiger partial charge on any atom is -0.368 e. The van der Waals surface area contributed by atoms with Crippen molar-refractivity contribution in [3.63, 3.8) is 0 Å². The number of benzene rings is 2. The second-order valence-electron chi connectivity index (χ2n) is 8.25. The van der Waals surface area contributed by atoms with Gasteiger partial charge in [-0.15, -0.1) is 0 Å². The van der Waals surface area contributed by atoms with Crippen molar-refractivity contribution >= 4 is 22.5 Å². The fraction of sp³-hybridized carbons (Fsp3) is 0.360. The van der Waals surface area contributed by atoms with Crippen LogP contribution in [0.2, 0.25) is 0 Å². The Kier molecular flexibility index (Phi) is 4.70. The van der Waals surface area contributed by atoms with Crippen molar-refractivity contribution in [1.82, 2.24) is 9.88 Å². The number of nitrogens with zero attached hydrogens (tertiary/aromatic N) is 3. The highest BCUT2D eigenvalue weighted by Gasteiger charge is 2.28. The molecule has 29 heavy (non-hydrogen) atoms. The van der Waals surface area contributed by atoms with Crippen molar-refractivity contribution in [2.24, 2.45) is 0 Å². The number of piperazine rings is 1. The number of hydrogen-bond donors (Lipinski definition) is 0. The van der Waals surface area contributed by atoms with Crippen molar-refractivity contribution in [3.05, 3.63) is 70.9 Å². The molecule has 1 aromatic heterocycles. The molecule has 5 rings (SSSR count). The van der Waals surface area contributed by atoms with Gasteiger partial charge in [0.15, 0.2) is 0 Å². The van der Waals surface area contributed by atoms with Crippen LogP contribution in [0.4, 0.5) is 5.69 Å². The maximum atomic E-state index is 13.7. The van der Waals surface area contributed by atoms with Gasteiger partial charge in [0.1, 0.15) is 0 Å². The van der Waals surface area contributed by atoms with Gasteiger partial charge < -0.3 is 9.80 Å². The SMILES string of the molecule is Cc1ccc2nc3c(c(C(=O)N4CCN(c5ccccc5)CC4)c2c1)CCCC3. The first-order valence-corrected chi connectivity index (χ1v) is 10.7. The standard InChI is InChI=1S/C25H27N3O/c1-18-11-12-23-21(17-18)24(20-9-5-6-10-22(20)26-23)25(29)28-15-13-27(14-16-28)19-7-3-2-4-8-19/h2-4,7-8,11-12,17H,5-6,9-10,13-16H2,1H3. The Hall–Kier alpha value is -2.88. The molecule has 1 aliphatic carbocycles. The van der Waals surface area contributed by atoms with Crippen LogP contribution < -0.4 is 4.90 Å². The molecule has 1 fully saturated rings. The van der Waals surface area contributed by atoms with E-state index in [4.69, 9.17) is 4.98 Å². The number of carbonyl (C=O) groups excluding carboxylic acids is 1. The van der Waals surface area contributed by atoms with Crippen LogP contribution in [-0.4, -0.2) is 42.0 Å². The highest BCUT2D eigenvalue weighted by Crippen LogP contribution is 2.31. The van der Waals surface area contributed by atoms with Crippen LogP contribution in [0.1, 0.15) is 40.0 Å². The van der Waals surface area contributed by atoms with Gasteiger partial charge in [0, 0.05) is 42.9 Å². The molecule has 0 radical (unpaired) electrons. The zero-order chi connectivity index (χ0) is 19.8. The minimum absolute atomic E-state index is 0.189. The van der Waals surface area contributed by atoms with Gasteiger partial charge in [-0.05, 0) is 62.4 Å². The largest absolute Gasteiger partial charge is 0.368 e. The van der Waals surface area contributed by atoms with E-state index in [9.17, 15) is 4.79 Å². The van der Waals surface area contributed by atoms with Crippen molar-refractivity contribution in [2.45, 2.75) is 32.6 Å². The van der Waals surface area contributed by atoms with Gasteiger partial charge in [-0.2, -0.15) is 0 Å². The van der Waals surface area contributed by atoms with E-state index >= 15 is 0 Å². The van der Waals surface area contributed by atoms with Crippen molar-refractivity contribution in [1.29, 1.82) is 0 Å². The molecular formula is C25H27N3O. The van der Waals surface area contributed by atoms with E-state index < -0.39 is 0 Å². The minimum atomic E-state index is 0.189. The lowest BCUT2D eigenvalue weighted by Gasteiger charge is -2.36. The van der Waals surface area contributed by atoms with Crippen LogP contribution in [-0.2, 0) is 12.8 Å². The molecule has 4 nitrogen and oxygen atoms in total. The summed E-state index contributed by atoms with van der Waals surface area (Å²) >= 11 is 0. The number of aromatic nitrogens is 1. The topological polar surface area (TPSA) is 36.4 Å². The van der Waals surface area contributed by atoms with Gasteiger partial charge >= 0.3 is 0 Å². The van der Waals surface area contributed by atoms with Gasteiger partial charge in [0.05, 0.1) is 11.1 Å².